The average Bonchev–Trinajstić information content (AvgIpc) is 2.37. The fourth-order valence-corrected chi connectivity index (χ4v) is 3.15. The first-order valence-electron chi connectivity index (χ1n) is 7.49. The molecule has 4 heteroatoms. The quantitative estimate of drug-likeness (QED) is 0.761. The topological polar surface area (TPSA) is 21.3 Å². The van der Waals surface area contributed by atoms with Gasteiger partial charge in [0, 0.05) is 23.2 Å². The predicted octanol–water partition coefficient (Wildman–Crippen LogP) is 4.97. The summed E-state index contributed by atoms with van der Waals surface area (Å²) in [7, 11) is 1.78. The first-order chi connectivity index (χ1) is 9.79. The van der Waals surface area contributed by atoms with Crippen molar-refractivity contribution in [1.82, 2.24) is 5.32 Å². The summed E-state index contributed by atoms with van der Waals surface area (Å²) in [6.45, 7) is 9.73. The molecule has 0 bridgehead atoms. The molecule has 0 spiro atoms. The number of benzene rings is 1. The lowest BCUT2D eigenvalue weighted by atomic mass is 9.82. The molecule has 0 aromatic heterocycles. The molecular weight excluding hydrogens is 305 g/mol. The molecule has 0 saturated carbocycles. The number of halogens is 2. The number of methoxy groups -OCH3 is 1. The Labute approximate surface area is 139 Å². The van der Waals surface area contributed by atoms with Crippen LogP contribution in [-0.2, 0) is 11.2 Å². The van der Waals surface area contributed by atoms with Crippen LogP contribution in [0.4, 0.5) is 0 Å². The SMILES string of the molecule is CCCNC(Cc1ccc(Cl)cc1Cl)C(OC)C(C)(C)C. The third kappa shape index (κ3) is 5.78. The summed E-state index contributed by atoms with van der Waals surface area (Å²) >= 11 is 12.3. The van der Waals surface area contributed by atoms with E-state index in [0.29, 0.717) is 5.02 Å². The Kier molecular flexibility index (Phi) is 7.49. The van der Waals surface area contributed by atoms with E-state index in [2.05, 4.69) is 33.0 Å². The third-order valence-corrected chi connectivity index (χ3v) is 4.17. The second-order valence-electron chi connectivity index (χ2n) is 6.52. The van der Waals surface area contributed by atoms with Crippen molar-refractivity contribution in [3.8, 4) is 0 Å². The zero-order valence-electron chi connectivity index (χ0n) is 13.7. The van der Waals surface area contributed by atoms with Crippen LogP contribution in [0.25, 0.3) is 0 Å². The first kappa shape index (κ1) is 18.8. The molecule has 0 amide bonds. The van der Waals surface area contributed by atoms with Crippen molar-refractivity contribution in [3.63, 3.8) is 0 Å². The van der Waals surface area contributed by atoms with Crippen LogP contribution < -0.4 is 5.32 Å². The highest BCUT2D eigenvalue weighted by Gasteiger charge is 2.32. The Morgan fingerprint density at radius 1 is 1.24 bits per heavy atom. The van der Waals surface area contributed by atoms with Crippen molar-refractivity contribution < 1.29 is 4.74 Å². The minimum Gasteiger partial charge on any atom is -0.379 e. The number of nitrogens with one attached hydrogen (secondary N) is 1. The van der Waals surface area contributed by atoms with Gasteiger partial charge in [0.15, 0.2) is 0 Å². The monoisotopic (exact) mass is 331 g/mol. The summed E-state index contributed by atoms with van der Waals surface area (Å²) in [6.07, 6.45) is 2.02. The fraction of sp³-hybridized carbons (Fsp3) is 0.647. The van der Waals surface area contributed by atoms with Crippen LogP contribution in [0.15, 0.2) is 18.2 Å². The molecule has 1 aromatic carbocycles. The van der Waals surface area contributed by atoms with Crippen molar-refractivity contribution in [2.24, 2.45) is 5.41 Å². The zero-order valence-corrected chi connectivity index (χ0v) is 15.2. The Morgan fingerprint density at radius 2 is 1.90 bits per heavy atom. The van der Waals surface area contributed by atoms with E-state index in [0.717, 1.165) is 30.0 Å². The molecule has 2 unspecified atom stereocenters. The first-order valence-corrected chi connectivity index (χ1v) is 8.25. The molecule has 120 valence electrons. The van der Waals surface area contributed by atoms with Gasteiger partial charge in [0.2, 0.25) is 0 Å². The maximum atomic E-state index is 6.32. The van der Waals surface area contributed by atoms with Crippen LogP contribution in [0.5, 0.6) is 0 Å². The van der Waals surface area contributed by atoms with Crippen molar-refractivity contribution in [2.75, 3.05) is 13.7 Å². The minimum atomic E-state index is 0.0546. The van der Waals surface area contributed by atoms with E-state index in [1.165, 1.54) is 0 Å². The second kappa shape index (κ2) is 8.38. The lowest BCUT2D eigenvalue weighted by Crippen LogP contribution is -2.49. The van der Waals surface area contributed by atoms with E-state index in [1.807, 2.05) is 12.1 Å². The molecule has 2 nitrogen and oxygen atoms in total. The van der Waals surface area contributed by atoms with E-state index < -0.39 is 0 Å². The smallest absolute Gasteiger partial charge is 0.0775 e. The van der Waals surface area contributed by atoms with Crippen molar-refractivity contribution in [2.45, 2.75) is 52.7 Å². The van der Waals surface area contributed by atoms with Crippen LogP contribution in [-0.4, -0.2) is 25.8 Å². The Bertz CT molecular complexity index is 443. The highest BCUT2D eigenvalue weighted by atomic mass is 35.5. The molecule has 0 aliphatic heterocycles. The molecule has 0 radical (unpaired) electrons. The minimum absolute atomic E-state index is 0.0546. The van der Waals surface area contributed by atoms with Crippen LogP contribution in [0.2, 0.25) is 10.0 Å². The van der Waals surface area contributed by atoms with E-state index in [4.69, 9.17) is 27.9 Å². The summed E-state index contributed by atoms with van der Waals surface area (Å²) in [4.78, 5) is 0. The van der Waals surface area contributed by atoms with Gasteiger partial charge in [-0.25, -0.2) is 0 Å². The molecular formula is C17H27Cl2NO. The van der Waals surface area contributed by atoms with Crippen LogP contribution in [0.3, 0.4) is 0 Å². The van der Waals surface area contributed by atoms with Gasteiger partial charge in [-0.1, -0.05) is 57.0 Å². The van der Waals surface area contributed by atoms with Gasteiger partial charge in [0.1, 0.15) is 0 Å². The normalized spacial score (nSPS) is 15.0. The molecule has 0 aliphatic carbocycles. The molecule has 1 rings (SSSR count). The van der Waals surface area contributed by atoms with Gasteiger partial charge in [-0.3, -0.25) is 0 Å². The van der Waals surface area contributed by atoms with Crippen LogP contribution in [0.1, 0.15) is 39.7 Å². The number of hydrogen-bond acceptors (Lipinski definition) is 2. The summed E-state index contributed by atoms with van der Waals surface area (Å²) in [5.41, 5.74) is 1.15. The van der Waals surface area contributed by atoms with Crippen molar-refractivity contribution >= 4 is 23.2 Å². The maximum Gasteiger partial charge on any atom is 0.0775 e. The molecule has 0 fully saturated rings. The second-order valence-corrected chi connectivity index (χ2v) is 7.37. The maximum absolute atomic E-state index is 6.32. The average molecular weight is 332 g/mol. The summed E-state index contributed by atoms with van der Waals surface area (Å²) in [5.74, 6) is 0. The van der Waals surface area contributed by atoms with Gasteiger partial charge in [-0.2, -0.15) is 0 Å². The Hall–Kier alpha value is -0.280. The van der Waals surface area contributed by atoms with Gasteiger partial charge in [0.25, 0.3) is 0 Å². The zero-order chi connectivity index (χ0) is 16.0. The molecule has 1 N–H and O–H groups in total. The molecule has 0 saturated heterocycles. The number of ether oxygens (including phenoxy) is 1. The van der Waals surface area contributed by atoms with Gasteiger partial charge >= 0.3 is 0 Å². The summed E-state index contributed by atoms with van der Waals surface area (Å²) < 4.78 is 5.78. The van der Waals surface area contributed by atoms with Crippen LogP contribution >= 0.6 is 23.2 Å². The van der Waals surface area contributed by atoms with E-state index >= 15 is 0 Å². The molecule has 2 atom stereocenters. The van der Waals surface area contributed by atoms with Gasteiger partial charge in [-0.15, -0.1) is 0 Å². The van der Waals surface area contributed by atoms with Gasteiger partial charge in [-0.05, 0) is 42.5 Å². The van der Waals surface area contributed by atoms with E-state index in [-0.39, 0.29) is 17.6 Å². The highest BCUT2D eigenvalue weighted by molar-refractivity contribution is 6.35. The van der Waals surface area contributed by atoms with Crippen molar-refractivity contribution in [3.05, 3.63) is 33.8 Å². The van der Waals surface area contributed by atoms with Gasteiger partial charge < -0.3 is 10.1 Å². The Balaban J connectivity index is 2.96. The summed E-state index contributed by atoms with van der Waals surface area (Å²) in [5, 5.41) is 4.99. The molecule has 21 heavy (non-hydrogen) atoms. The highest BCUT2D eigenvalue weighted by Crippen LogP contribution is 2.28. The lowest BCUT2D eigenvalue weighted by Gasteiger charge is -2.37. The largest absolute Gasteiger partial charge is 0.379 e. The molecule has 1 aromatic rings. The standard InChI is InChI=1S/C17H27Cl2NO/c1-6-9-20-15(16(21-5)17(2,3)4)10-12-7-8-13(18)11-14(12)19/h7-8,11,15-16,20H,6,9-10H2,1-5H3. The van der Waals surface area contributed by atoms with Crippen molar-refractivity contribution in [1.29, 1.82) is 0 Å². The third-order valence-electron chi connectivity index (χ3n) is 3.58. The Morgan fingerprint density at radius 3 is 2.38 bits per heavy atom. The van der Waals surface area contributed by atoms with Gasteiger partial charge in [0.05, 0.1) is 6.10 Å². The predicted molar refractivity (Wildman–Crippen MR) is 92.5 cm³/mol. The summed E-state index contributed by atoms with van der Waals surface area (Å²) in [6, 6.07) is 5.90. The molecule has 0 heterocycles. The lowest BCUT2D eigenvalue weighted by molar-refractivity contribution is -0.0109. The van der Waals surface area contributed by atoms with E-state index in [1.54, 1.807) is 13.2 Å². The van der Waals surface area contributed by atoms with Crippen LogP contribution in [0, 0.1) is 5.41 Å². The molecule has 0 aliphatic rings. The fourth-order valence-electron chi connectivity index (χ4n) is 2.66. The number of hydrogen-bond donors (Lipinski definition) is 1. The number of rotatable bonds is 7. The van der Waals surface area contributed by atoms with E-state index in [9.17, 15) is 0 Å².